The highest BCUT2D eigenvalue weighted by Gasteiger charge is 2.49. The Kier molecular flexibility index (Phi) is 6.17. The van der Waals surface area contributed by atoms with Crippen molar-refractivity contribution in [3.63, 3.8) is 0 Å². The van der Waals surface area contributed by atoms with Crippen molar-refractivity contribution >= 4 is 29.7 Å². The number of nitrogens with zero attached hydrogens (tertiary/aromatic N) is 1. The number of amides is 2. The zero-order valence-electron chi connectivity index (χ0n) is 15.8. The van der Waals surface area contributed by atoms with Crippen LogP contribution in [0.3, 0.4) is 0 Å². The molecule has 2 amide bonds. The van der Waals surface area contributed by atoms with E-state index >= 15 is 0 Å². The monoisotopic (exact) mass is 371 g/mol. The van der Waals surface area contributed by atoms with Crippen LogP contribution in [0, 0.1) is 5.92 Å². The van der Waals surface area contributed by atoms with E-state index in [4.69, 9.17) is 9.47 Å². The number of carbonyl (C=O) groups is 5. The quantitative estimate of drug-likeness (QED) is 0.582. The molecule has 1 N–H and O–H groups in total. The average molecular weight is 371 g/mol. The number of ether oxygens (including phenoxy) is 2. The molecule has 0 aliphatic carbocycles. The molecular formula is C17H25NO8. The number of hydrogen-bond acceptors (Lipinski definition) is 7. The fourth-order valence-corrected chi connectivity index (χ4v) is 2.38. The number of esters is 1. The molecule has 0 aromatic heterocycles. The molecule has 0 aromatic carbocycles. The van der Waals surface area contributed by atoms with E-state index in [1.807, 2.05) is 0 Å². The van der Waals surface area contributed by atoms with Crippen LogP contribution in [0.4, 0.5) is 4.79 Å². The van der Waals surface area contributed by atoms with Crippen LogP contribution >= 0.6 is 0 Å². The molecule has 9 heteroatoms. The van der Waals surface area contributed by atoms with Crippen molar-refractivity contribution in [2.24, 2.45) is 5.92 Å². The van der Waals surface area contributed by atoms with Crippen LogP contribution in [-0.4, -0.2) is 57.0 Å². The standard InChI is InChI=1S/C17H25NO8/c1-16(2,3)25-14(23)11(19)8-9-7-10(13(21)22)18(12(9)20)15(24)26-17(4,5)6/h9-10H,7-8H2,1-6H3,(H,21,22)/t9-,10-/m0/s1. The zero-order chi connectivity index (χ0) is 20.4. The molecule has 0 unspecified atom stereocenters. The molecule has 0 saturated carbocycles. The molecule has 1 aliphatic heterocycles. The van der Waals surface area contributed by atoms with E-state index in [-0.39, 0.29) is 6.42 Å². The summed E-state index contributed by atoms with van der Waals surface area (Å²) in [5.41, 5.74) is -1.80. The van der Waals surface area contributed by atoms with Crippen LogP contribution in [0.15, 0.2) is 0 Å². The molecule has 0 radical (unpaired) electrons. The van der Waals surface area contributed by atoms with Crippen molar-refractivity contribution in [3.05, 3.63) is 0 Å². The molecule has 0 aromatic rings. The first kappa shape index (κ1) is 21.6. The lowest BCUT2D eigenvalue weighted by Crippen LogP contribution is -2.45. The predicted molar refractivity (Wildman–Crippen MR) is 88.1 cm³/mol. The van der Waals surface area contributed by atoms with Gasteiger partial charge in [0.1, 0.15) is 17.2 Å². The van der Waals surface area contributed by atoms with E-state index in [1.165, 1.54) is 0 Å². The first-order valence-corrected chi connectivity index (χ1v) is 8.17. The van der Waals surface area contributed by atoms with E-state index in [9.17, 15) is 29.1 Å². The highest BCUT2D eigenvalue weighted by molar-refractivity contribution is 6.34. The first-order chi connectivity index (χ1) is 11.6. The topological polar surface area (TPSA) is 127 Å². The summed E-state index contributed by atoms with van der Waals surface area (Å²) in [4.78, 5) is 60.3. The number of ketones is 1. The van der Waals surface area contributed by atoms with Gasteiger partial charge in [0, 0.05) is 12.3 Å². The van der Waals surface area contributed by atoms with Gasteiger partial charge in [0.05, 0.1) is 0 Å². The summed E-state index contributed by atoms with van der Waals surface area (Å²) in [6.45, 7) is 9.48. The van der Waals surface area contributed by atoms with Gasteiger partial charge in [-0.3, -0.25) is 9.59 Å². The SMILES string of the molecule is CC(C)(C)OC(=O)C(=O)C[C@@H]1C[C@@H](C(=O)O)N(C(=O)OC(C)(C)C)C1=O. The second kappa shape index (κ2) is 7.43. The minimum Gasteiger partial charge on any atom is -0.480 e. The Labute approximate surface area is 151 Å². The maximum Gasteiger partial charge on any atom is 0.417 e. The average Bonchev–Trinajstić information content (AvgIpc) is 2.72. The van der Waals surface area contributed by atoms with E-state index < -0.39 is 59.3 Å². The third-order valence-corrected chi connectivity index (χ3v) is 3.34. The number of carboxylic acid groups (broad SMARTS) is 1. The van der Waals surface area contributed by atoms with Crippen molar-refractivity contribution in [2.45, 2.75) is 71.6 Å². The summed E-state index contributed by atoms with van der Waals surface area (Å²) in [5, 5.41) is 9.28. The molecule has 2 atom stereocenters. The summed E-state index contributed by atoms with van der Waals surface area (Å²) in [6, 6.07) is -1.45. The van der Waals surface area contributed by atoms with Gasteiger partial charge in [-0.1, -0.05) is 0 Å². The molecule has 1 saturated heterocycles. The minimum absolute atomic E-state index is 0.276. The maximum atomic E-state index is 12.4. The molecule has 9 nitrogen and oxygen atoms in total. The Morgan fingerprint density at radius 3 is 1.96 bits per heavy atom. The maximum absolute atomic E-state index is 12.4. The van der Waals surface area contributed by atoms with Gasteiger partial charge in [0.25, 0.3) is 0 Å². The van der Waals surface area contributed by atoms with Crippen LogP contribution in [0.2, 0.25) is 0 Å². The van der Waals surface area contributed by atoms with Crippen molar-refractivity contribution in [2.75, 3.05) is 0 Å². The van der Waals surface area contributed by atoms with Crippen molar-refractivity contribution in [3.8, 4) is 0 Å². The summed E-state index contributed by atoms with van der Waals surface area (Å²) in [7, 11) is 0. The van der Waals surface area contributed by atoms with Crippen molar-refractivity contribution in [1.82, 2.24) is 4.90 Å². The molecule has 26 heavy (non-hydrogen) atoms. The Balaban J connectivity index is 2.91. The molecule has 1 aliphatic rings. The summed E-state index contributed by atoms with van der Waals surface area (Å²) in [6.07, 6.45) is -1.90. The van der Waals surface area contributed by atoms with Crippen LogP contribution in [0.25, 0.3) is 0 Å². The molecule has 1 fully saturated rings. The molecule has 1 rings (SSSR count). The van der Waals surface area contributed by atoms with E-state index in [0.717, 1.165) is 0 Å². The largest absolute Gasteiger partial charge is 0.480 e. The summed E-state index contributed by atoms with van der Waals surface area (Å²) < 4.78 is 10.0. The molecule has 1 heterocycles. The third kappa shape index (κ3) is 5.82. The Morgan fingerprint density at radius 2 is 1.54 bits per heavy atom. The predicted octanol–water partition coefficient (Wildman–Crippen LogP) is 1.52. The fraction of sp³-hybridized carbons (Fsp3) is 0.706. The van der Waals surface area contributed by atoms with Gasteiger partial charge >= 0.3 is 18.0 Å². The molecule has 146 valence electrons. The van der Waals surface area contributed by atoms with E-state index in [1.54, 1.807) is 41.5 Å². The van der Waals surface area contributed by atoms with Crippen molar-refractivity contribution in [1.29, 1.82) is 0 Å². The highest BCUT2D eigenvalue weighted by Crippen LogP contribution is 2.30. The Hall–Kier alpha value is -2.45. The molecular weight excluding hydrogens is 346 g/mol. The van der Waals surface area contributed by atoms with Gasteiger partial charge in [0.2, 0.25) is 11.7 Å². The molecule has 0 bridgehead atoms. The van der Waals surface area contributed by atoms with Crippen LogP contribution in [0.5, 0.6) is 0 Å². The minimum atomic E-state index is -1.45. The number of rotatable bonds is 4. The van der Waals surface area contributed by atoms with E-state index in [2.05, 4.69) is 0 Å². The summed E-state index contributed by atoms with van der Waals surface area (Å²) in [5.74, 6) is -5.41. The normalized spacial score (nSPS) is 20.7. The lowest BCUT2D eigenvalue weighted by molar-refractivity contribution is -0.163. The summed E-state index contributed by atoms with van der Waals surface area (Å²) >= 11 is 0. The molecule has 0 spiro atoms. The number of hydrogen-bond donors (Lipinski definition) is 1. The van der Waals surface area contributed by atoms with Gasteiger partial charge in [-0.05, 0) is 48.0 Å². The van der Waals surface area contributed by atoms with Crippen LogP contribution in [-0.2, 0) is 28.7 Å². The number of Topliss-reactive ketones (excluding diaryl/α,β-unsaturated/α-hetero) is 1. The number of likely N-dealkylation sites (tertiary alicyclic amines) is 1. The van der Waals surface area contributed by atoms with Crippen LogP contribution < -0.4 is 0 Å². The smallest absolute Gasteiger partial charge is 0.417 e. The first-order valence-electron chi connectivity index (χ1n) is 8.17. The van der Waals surface area contributed by atoms with E-state index in [0.29, 0.717) is 4.90 Å². The van der Waals surface area contributed by atoms with Gasteiger partial charge < -0.3 is 14.6 Å². The fourth-order valence-electron chi connectivity index (χ4n) is 2.38. The number of imide groups is 1. The second-order valence-corrected chi connectivity index (χ2v) is 8.10. The number of carboxylic acids is 1. The lowest BCUT2D eigenvalue weighted by atomic mass is 9.98. The zero-order valence-corrected chi connectivity index (χ0v) is 15.8. The van der Waals surface area contributed by atoms with Gasteiger partial charge in [-0.2, -0.15) is 0 Å². The van der Waals surface area contributed by atoms with Crippen LogP contribution in [0.1, 0.15) is 54.4 Å². The van der Waals surface area contributed by atoms with Gasteiger partial charge in [-0.15, -0.1) is 0 Å². The third-order valence-electron chi connectivity index (χ3n) is 3.34. The van der Waals surface area contributed by atoms with Gasteiger partial charge in [0.15, 0.2) is 0 Å². The Morgan fingerprint density at radius 1 is 1.04 bits per heavy atom. The van der Waals surface area contributed by atoms with Crippen molar-refractivity contribution < 1.29 is 38.6 Å². The lowest BCUT2D eigenvalue weighted by Gasteiger charge is -2.25. The Bertz CT molecular complexity index is 626. The number of aliphatic carboxylic acids is 1. The van der Waals surface area contributed by atoms with Gasteiger partial charge in [-0.25, -0.2) is 19.3 Å². The number of carbonyl (C=O) groups excluding carboxylic acids is 4. The second-order valence-electron chi connectivity index (χ2n) is 8.10. The highest BCUT2D eigenvalue weighted by atomic mass is 16.6.